The van der Waals surface area contributed by atoms with E-state index in [-0.39, 0.29) is 23.9 Å². The molecule has 6 nitrogen and oxygen atoms in total. The van der Waals surface area contributed by atoms with Gasteiger partial charge in [0.2, 0.25) is 0 Å². The maximum Gasteiger partial charge on any atom is 0.305 e. The smallest absolute Gasteiger partial charge is 0.305 e. The fourth-order valence-electron chi connectivity index (χ4n) is 7.12. The highest BCUT2D eigenvalue weighted by molar-refractivity contribution is 5.69. The van der Waals surface area contributed by atoms with Gasteiger partial charge in [0.25, 0.3) is 0 Å². The van der Waals surface area contributed by atoms with Crippen LogP contribution in [0.25, 0.3) is 0 Å². The van der Waals surface area contributed by atoms with Crippen LogP contribution in [0.4, 0.5) is 5.69 Å². The molecule has 5 rings (SSSR count). The van der Waals surface area contributed by atoms with Crippen molar-refractivity contribution in [3.8, 4) is 12.1 Å². The van der Waals surface area contributed by atoms with Crippen LogP contribution < -0.4 is 4.90 Å². The average molecular weight is 511 g/mol. The molecule has 2 aromatic carbocycles. The molecule has 2 aliphatic heterocycles. The molecule has 0 spiro atoms. The topological polar surface area (TPSA) is 80.4 Å². The molecule has 3 atom stereocenters. The number of nitriles is 2. The van der Waals surface area contributed by atoms with E-state index < -0.39 is 5.41 Å². The number of nitrogens with zero attached hydrogens (tertiary/aromatic N) is 4. The number of rotatable bonds is 8. The number of likely N-dealkylation sites (tertiary alicyclic amines) is 1. The van der Waals surface area contributed by atoms with Gasteiger partial charge in [-0.2, -0.15) is 10.5 Å². The standard InChI is InChI=1S/C32H38N4O2/c1-2-31(37)38-30-10-6-9-29(30)32(23-34,26-7-4-3-5-8-26)27-15-17-35(18-16-27)20-25-21-36(22-25)28-13-11-24(19-33)12-14-28/h3-5,7-8,11-14,25,27,29-30H,2,6,9-10,15-18,20-22H2,1H3/t29-,30-,32+/m0/s1. The number of ether oxygens (including phenoxy) is 1. The Morgan fingerprint density at radius 3 is 2.34 bits per heavy atom. The van der Waals surface area contributed by atoms with Crippen LogP contribution in [0.2, 0.25) is 0 Å². The lowest BCUT2D eigenvalue weighted by Crippen LogP contribution is -2.54. The van der Waals surface area contributed by atoms with Gasteiger partial charge in [0, 0.05) is 43.6 Å². The fraction of sp³-hybridized carbons (Fsp3) is 0.531. The van der Waals surface area contributed by atoms with Gasteiger partial charge in [0.05, 0.1) is 23.1 Å². The minimum atomic E-state index is -0.634. The van der Waals surface area contributed by atoms with Gasteiger partial charge in [-0.1, -0.05) is 37.3 Å². The van der Waals surface area contributed by atoms with Gasteiger partial charge in [-0.3, -0.25) is 4.79 Å². The molecule has 0 N–H and O–H groups in total. The Balaban J connectivity index is 1.24. The summed E-state index contributed by atoms with van der Waals surface area (Å²) >= 11 is 0. The largest absolute Gasteiger partial charge is 0.462 e. The molecule has 2 aromatic rings. The van der Waals surface area contributed by atoms with Crippen molar-refractivity contribution in [2.24, 2.45) is 17.8 Å². The van der Waals surface area contributed by atoms with Crippen molar-refractivity contribution < 1.29 is 9.53 Å². The monoisotopic (exact) mass is 510 g/mol. The second-order valence-corrected chi connectivity index (χ2v) is 11.3. The van der Waals surface area contributed by atoms with Gasteiger partial charge >= 0.3 is 5.97 Å². The van der Waals surface area contributed by atoms with E-state index in [1.165, 1.54) is 5.69 Å². The summed E-state index contributed by atoms with van der Waals surface area (Å²) in [5, 5.41) is 19.9. The number of benzene rings is 2. The molecular weight excluding hydrogens is 472 g/mol. The molecule has 0 aromatic heterocycles. The molecule has 2 saturated heterocycles. The molecule has 3 fully saturated rings. The number of piperidine rings is 1. The molecular formula is C32H38N4O2. The molecule has 1 saturated carbocycles. The molecule has 0 bridgehead atoms. The number of hydrogen-bond acceptors (Lipinski definition) is 6. The van der Waals surface area contributed by atoms with Crippen LogP contribution in [0.15, 0.2) is 54.6 Å². The third-order valence-electron chi connectivity index (χ3n) is 9.11. The highest BCUT2D eigenvalue weighted by Gasteiger charge is 2.53. The predicted octanol–water partition coefficient (Wildman–Crippen LogP) is 5.29. The van der Waals surface area contributed by atoms with Crippen molar-refractivity contribution in [3.63, 3.8) is 0 Å². The molecule has 3 aliphatic rings. The van der Waals surface area contributed by atoms with Crippen molar-refractivity contribution in [2.45, 2.75) is 57.0 Å². The van der Waals surface area contributed by atoms with Crippen LogP contribution >= 0.6 is 0 Å². The summed E-state index contributed by atoms with van der Waals surface area (Å²) in [5.41, 5.74) is 2.34. The zero-order valence-corrected chi connectivity index (χ0v) is 22.4. The first-order chi connectivity index (χ1) is 18.6. The van der Waals surface area contributed by atoms with Gasteiger partial charge < -0.3 is 14.5 Å². The van der Waals surface area contributed by atoms with E-state index in [0.29, 0.717) is 17.9 Å². The molecule has 0 unspecified atom stereocenters. The fourth-order valence-corrected chi connectivity index (χ4v) is 7.12. The molecule has 0 radical (unpaired) electrons. The Morgan fingerprint density at radius 1 is 1.00 bits per heavy atom. The minimum Gasteiger partial charge on any atom is -0.462 e. The first-order valence-electron chi connectivity index (χ1n) is 14.2. The predicted molar refractivity (Wildman–Crippen MR) is 147 cm³/mol. The molecule has 198 valence electrons. The molecule has 6 heteroatoms. The van der Waals surface area contributed by atoms with Crippen LogP contribution in [-0.2, 0) is 14.9 Å². The number of anilines is 1. The zero-order chi connectivity index (χ0) is 26.5. The van der Waals surface area contributed by atoms with Crippen LogP contribution in [0.3, 0.4) is 0 Å². The highest BCUT2D eigenvalue weighted by atomic mass is 16.5. The third-order valence-corrected chi connectivity index (χ3v) is 9.11. The van der Waals surface area contributed by atoms with E-state index in [1.807, 2.05) is 49.4 Å². The maximum absolute atomic E-state index is 12.2. The van der Waals surface area contributed by atoms with E-state index >= 15 is 0 Å². The van der Waals surface area contributed by atoms with Gasteiger partial charge in [0.15, 0.2) is 0 Å². The number of carbonyl (C=O) groups is 1. The van der Waals surface area contributed by atoms with E-state index in [9.17, 15) is 10.1 Å². The van der Waals surface area contributed by atoms with E-state index in [1.54, 1.807) is 0 Å². The van der Waals surface area contributed by atoms with Crippen LogP contribution in [0, 0.1) is 40.4 Å². The summed E-state index contributed by atoms with van der Waals surface area (Å²) in [5.74, 6) is 0.764. The van der Waals surface area contributed by atoms with Crippen molar-refractivity contribution >= 4 is 11.7 Å². The quantitative estimate of drug-likeness (QED) is 0.449. The van der Waals surface area contributed by atoms with Crippen molar-refractivity contribution in [1.29, 1.82) is 10.5 Å². The Morgan fingerprint density at radius 2 is 1.71 bits per heavy atom. The summed E-state index contributed by atoms with van der Waals surface area (Å²) in [7, 11) is 0. The summed E-state index contributed by atoms with van der Waals surface area (Å²) < 4.78 is 5.93. The number of carbonyl (C=O) groups excluding carboxylic acids is 1. The first kappa shape index (κ1) is 26.3. The van der Waals surface area contributed by atoms with Gasteiger partial charge in [-0.25, -0.2) is 0 Å². The zero-order valence-electron chi connectivity index (χ0n) is 22.4. The lowest BCUT2D eigenvalue weighted by Gasteiger charge is -2.48. The number of hydrogen-bond donors (Lipinski definition) is 0. The summed E-state index contributed by atoms with van der Waals surface area (Å²) in [6, 6.07) is 23.2. The molecule has 2 heterocycles. The second kappa shape index (κ2) is 11.6. The normalized spacial score (nSPS) is 24.1. The Kier molecular flexibility index (Phi) is 8.01. The summed E-state index contributed by atoms with van der Waals surface area (Å²) in [6.07, 6.45) is 4.94. The van der Waals surface area contributed by atoms with Crippen LogP contribution in [0.1, 0.15) is 56.6 Å². The molecule has 38 heavy (non-hydrogen) atoms. The average Bonchev–Trinajstić information content (AvgIpc) is 3.41. The van der Waals surface area contributed by atoms with Crippen molar-refractivity contribution in [2.75, 3.05) is 37.6 Å². The van der Waals surface area contributed by atoms with Gasteiger partial charge in [-0.15, -0.1) is 0 Å². The lowest BCUT2D eigenvalue weighted by molar-refractivity contribution is -0.151. The SMILES string of the molecule is CCC(=O)O[C@H]1CCC[C@@H]1[C@](C#N)(c1ccccc1)C1CCN(CC2CN(c3ccc(C#N)cc3)C2)CC1. The maximum atomic E-state index is 12.2. The van der Waals surface area contributed by atoms with Gasteiger partial charge in [0.1, 0.15) is 6.10 Å². The molecule has 1 aliphatic carbocycles. The van der Waals surface area contributed by atoms with Crippen molar-refractivity contribution in [3.05, 3.63) is 65.7 Å². The summed E-state index contributed by atoms with van der Waals surface area (Å²) in [4.78, 5) is 17.2. The van der Waals surface area contributed by atoms with E-state index in [0.717, 1.165) is 70.4 Å². The first-order valence-corrected chi connectivity index (χ1v) is 14.2. The Bertz CT molecular complexity index is 1170. The summed E-state index contributed by atoms with van der Waals surface area (Å²) in [6.45, 7) is 7.02. The van der Waals surface area contributed by atoms with Gasteiger partial charge in [-0.05, 0) is 80.9 Å². The Hall–Kier alpha value is -3.35. The minimum absolute atomic E-state index is 0.0366. The Labute approximate surface area is 226 Å². The van der Waals surface area contributed by atoms with Crippen LogP contribution in [0.5, 0.6) is 0 Å². The third kappa shape index (κ3) is 5.16. The van der Waals surface area contributed by atoms with E-state index in [4.69, 9.17) is 10.00 Å². The highest BCUT2D eigenvalue weighted by Crippen LogP contribution is 2.51. The lowest BCUT2D eigenvalue weighted by atomic mass is 9.59. The van der Waals surface area contributed by atoms with E-state index in [2.05, 4.69) is 34.1 Å². The molecule has 0 amide bonds. The number of esters is 1. The van der Waals surface area contributed by atoms with Crippen LogP contribution in [-0.4, -0.2) is 49.7 Å². The second-order valence-electron chi connectivity index (χ2n) is 11.3. The van der Waals surface area contributed by atoms with Crippen molar-refractivity contribution in [1.82, 2.24) is 4.90 Å².